The maximum Gasteiger partial charge on any atom is 0.226 e. The molecule has 1 atom stereocenters. The summed E-state index contributed by atoms with van der Waals surface area (Å²) in [6.07, 6.45) is 2.43. The first-order chi connectivity index (χ1) is 12.1. The SMILES string of the molecule is CCOc1ccc(CC(=O)N2CCC(Cc3ccc(O)cc3)C2)cc1. The first-order valence-electron chi connectivity index (χ1n) is 8.91. The van der Waals surface area contributed by atoms with E-state index in [1.54, 1.807) is 12.1 Å². The third-order valence-corrected chi connectivity index (χ3v) is 4.69. The van der Waals surface area contributed by atoms with Crippen molar-refractivity contribution in [2.75, 3.05) is 19.7 Å². The van der Waals surface area contributed by atoms with E-state index in [9.17, 15) is 9.90 Å². The topological polar surface area (TPSA) is 49.8 Å². The number of aromatic hydroxyl groups is 1. The Bertz CT molecular complexity index is 694. The molecule has 1 aliphatic heterocycles. The van der Waals surface area contributed by atoms with Gasteiger partial charge in [0.2, 0.25) is 5.91 Å². The summed E-state index contributed by atoms with van der Waals surface area (Å²) < 4.78 is 5.43. The van der Waals surface area contributed by atoms with Crippen molar-refractivity contribution in [1.29, 1.82) is 0 Å². The number of likely N-dealkylation sites (tertiary alicyclic amines) is 1. The van der Waals surface area contributed by atoms with Crippen molar-refractivity contribution in [2.24, 2.45) is 5.92 Å². The van der Waals surface area contributed by atoms with Crippen molar-refractivity contribution in [1.82, 2.24) is 4.90 Å². The maximum atomic E-state index is 12.5. The third kappa shape index (κ3) is 4.75. The van der Waals surface area contributed by atoms with Gasteiger partial charge in [0.1, 0.15) is 11.5 Å². The molecule has 1 fully saturated rings. The maximum absolute atomic E-state index is 12.5. The highest BCUT2D eigenvalue weighted by Crippen LogP contribution is 2.23. The number of amides is 1. The molecule has 132 valence electrons. The number of phenolic OH excluding ortho intramolecular Hbond substituents is 1. The number of phenols is 1. The van der Waals surface area contributed by atoms with Gasteiger partial charge in [-0.25, -0.2) is 0 Å². The lowest BCUT2D eigenvalue weighted by Crippen LogP contribution is -2.30. The van der Waals surface area contributed by atoms with Crippen LogP contribution in [0, 0.1) is 5.92 Å². The van der Waals surface area contributed by atoms with Gasteiger partial charge >= 0.3 is 0 Å². The Labute approximate surface area is 149 Å². The molecular formula is C21H25NO3. The molecule has 0 aliphatic carbocycles. The minimum Gasteiger partial charge on any atom is -0.508 e. The second-order valence-corrected chi connectivity index (χ2v) is 6.62. The van der Waals surface area contributed by atoms with Gasteiger partial charge in [0, 0.05) is 13.1 Å². The summed E-state index contributed by atoms with van der Waals surface area (Å²) >= 11 is 0. The van der Waals surface area contributed by atoms with Gasteiger partial charge in [-0.1, -0.05) is 24.3 Å². The van der Waals surface area contributed by atoms with Crippen LogP contribution in [0.1, 0.15) is 24.5 Å². The Balaban J connectivity index is 1.50. The fourth-order valence-corrected chi connectivity index (χ4v) is 3.35. The molecule has 1 N–H and O–H groups in total. The van der Waals surface area contributed by atoms with Crippen LogP contribution in [0.3, 0.4) is 0 Å². The van der Waals surface area contributed by atoms with E-state index in [1.807, 2.05) is 48.2 Å². The molecule has 1 amide bonds. The van der Waals surface area contributed by atoms with Crippen LogP contribution < -0.4 is 4.74 Å². The molecule has 4 heteroatoms. The molecule has 0 bridgehead atoms. The lowest BCUT2D eigenvalue weighted by molar-refractivity contribution is -0.129. The van der Waals surface area contributed by atoms with Crippen LogP contribution >= 0.6 is 0 Å². The molecule has 25 heavy (non-hydrogen) atoms. The van der Waals surface area contributed by atoms with E-state index < -0.39 is 0 Å². The number of benzene rings is 2. The molecule has 1 saturated heterocycles. The second kappa shape index (κ2) is 8.06. The lowest BCUT2D eigenvalue weighted by Gasteiger charge is -2.17. The molecule has 4 nitrogen and oxygen atoms in total. The summed E-state index contributed by atoms with van der Waals surface area (Å²) in [5.74, 6) is 1.82. The van der Waals surface area contributed by atoms with E-state index in [2.05, 4.69) is 0 Å². The van der Waals surface area contributed by atoms with Crippen molar-refractivity contribution >= 4 is 5.91 Å². The van der Waals surface area contributed by atoms with Gasteiger partial charge in [0.15, 0.2) is 0 Å². The Hall–Kier alpha value is -2.49. The summed E-state index contributed by atoms with van der Waals surface area (Å²) in [5, 5.41) is 9.36. The summed E-state index contributed by atoms with van der Waals surface area (Å²) in [5.41, 5.74) is 2.24. The monoisotopic (exact) mass is 339 g/mol. The molecule has 0 saturated carbocycles. The van der Waals surface area contributed by atoms with Gasteiger partial charge in [0.25, 0.3) is 0 Å². The quantitative estimate of drug-likeness (QED) is 0.877. The lowest BCUT2D eigenvalue weighted by atomic mass is 9.99. The van der Waals surface area contributed by atoms with Crippen LogP contribution in [0.2, 0.25) is 0 Å². The van der Waals surface area contributed by atoms with E-state index in [4.69, 9.17) is 4.74 Å². The molecule has 0 spiro atoms. The highest BCUT2D eigenvalue weighted by molar-refractivity contribution is 5.79. The zero-order valence-corrected chi connectivity index (χ0v) is 14.6. The molecule has 0 aromatic heterocycles. The number of hydrogen-bond donors (Lipinski definition) is 1. The number of carbonyl (C=O) groups is 1. The summed E-state index contributed by atoms with van der Waals surface area (Å²) in [6, 6.07) is 15.1. The molecule has 3 rings (SSSR count). The normalized spacial score (nSPS) is 16.8. The minimum absolute atomic E-state index is 0.192. The fraction of sp³-hybridized carbons (Fsp3) is 0.381. The third-order valence-electron chi connectivity index (χ3n) is 4.69. The van der Waals surface area contributed by atoms with E-state index in [0.717, 1.165) is 37.2 Å². The largest absolute Gasteiger partial charge is 0.508 e. The van der Waals surface area contributed by atoms with Gasteiger partial charge in [-0.15, -0.1) is 0 Å². The van der Waals surface area contributed by atoms with E-state index in [0.29, 0.717) is 24.7 Å². The molecular weight excluding hydrogens is 314 g/mol. The van der Waals surface area contributed by atoms with Crippen LogP contribution in [0.5, 0.6) is 11.5 Å². The van der Waals surface area contributed by atoms with Gasteiger partial charge < -0.3 is 14.7 Å². The first kappa shape index (κ1) is 17.3. The van der Waals surface area contributed by atoms with Gasteiger partial charge in [-0.3, -0.25) is 4.79 Å². The zero-order valence-electron chi connectivity index (χ0n) is 14.6. The predicted molar refractivity (Wildman–Crippen MR) is 97.8 cm³/mol. The van der Waals surface area contributed by atoms with Gasteiger partial charge in [-0.2, -0.15) is 0 Å². The highest BCUT2D eigenvalue weighted by Gasteiger charge is 2.26. The molecule has 2 aromatic rings. The fourth-order valence-electron chi connectivity index (χ4n) is 3.35. The predicted octanol–water partition coefficient (Wildman–Crippen LogP) is 3.42. The van der Waals surface area contributed by atoms with Crippen molar-refractivity contribution in [3.63, 3.8) is 0 Å². The Morgan fingerprint density at radius 2 is 1.80 bits per heavy atom. The van der Waals surface area contributed by atoms with E-state index in [-0.39, 0.29) is 5.91 Å². The summed E-state index contributed by atoms with van der Waals surface area (Å²) in [6.45, 7) is 4.25. The van der Waals surface area contributed by atoms with Crippen LogP contribution in [0.25, 0.3) is 0 Å². The first-order valence-corrected chi connectivity index (χ1v) is 8.91. The summed E-state index contributed by atoms with van der Waals surface area (Å²) in [4.78, 5) is 14.5. The number of hydrogen-bond acceptors (Lipinski definition) is 3. The Morgan fingerprint density at radius 1 is 1.12 bits per heavy atom. The second-order valence-electron chi connectivity index (χ2n) is 6.62. The van der Waals surface area contributed by atoms with Crippen LogP contribution in [0.15, 0.2) is 48.5 Å². The highest BCUT2D eigenvalue weighted by atomic mass is 16.5. The number of rotatable bonds is 6. The Kier molecular flexibility index (Phi) is 5.59. The number of ether oxygens (including phenoxy) is 1. The van der Waals surface area contributed by atoms with Crippen LogP contribution in [-0.2, 0) is 17.6 Å². The van der Waals surface area contributed by atoms with Crippen molar-refractivity contribution in [3.8, 4) is 11.5 Å². The molecule has 1 aliphatic rings. The van der Waals surface area contributed by atoms with E-state index >= 15 is 0 Å². The molecule has 0 radical (unpaired) electrons. The van der Waals surface area contributed by atoms with Crippen molar-refractivity contribution < 1.29 is 14.6 Å². The molecule has 2 aromatic carbocycles. The van der Waals surface area contributed by atoms with Crippen LogP contribution in [-0.4, -0.2) is 35.6 Å². The molecule has 1 unspecified atom stereocenters. The molecule has 1 heterocycles. The standard InChI is InChI=1S/C21H25NO3/c1-2-25-20-9-5-17(6-10-20)14-21(24)22-12-11-18(15-22)13-16-3-7-19(23)8-4-16/h3-10,18,23H,2,11-15H2,1H3. The van der Waals surface area contributed by atoms with Crippen LogP contribution in [0.4, 0.5) is 0 Å². The minimum atomic E-state index is 0.192. The van der Waals surface area contributed by atoms with Crippen molar-refractivity contribution in [2.45, 2.75) is 26.2 Å². The average molecular weight is 339 g/mol. The Morgan fingerprint density at radius 3 is 2.48 bits per heavy atom. The van der Waals surface area contributed by atoms with Crippen molar-refractivity contribution in [3.05, 3.63) is 59.7 Å². The van der Waals surface area contributed by atoms with Gasteiger partial charge in [-0.05, 0) is 61.1 Å². The average Bonchev–Trinajstić information content (AvgIpc) is 3.08. The smallest absolute Gasteiger partial charge is 0.226 e. The number of carbonyl (C=O) groups excluding carboxylic acids is 1. The summed E-state index contributed by atoms with van der Waals surface area (Å²) in [7, 11) is 0. The van der Waals surface area contributed by atoms with E-state index in [1.165, 1.54) is 5.56 Å². The van der Waals surface area contributed by atoms with Gasteiger partial charge in [0.05, 0.1) is 13.0 Å². The number of nitrogens with zero attached hydrogens (tertiary/aromatic N) is 1. The zero-order chi connectivity index (χ0) is 17.6.